The number of H-pyrrole nitrogens is 1. The second-order valence-corrected chi connectivity index (χ2v) is 4.33. The van der Waals surface area contributed by atoms with Gasteiger partial charge in [0, 0.05) is 20.1 Å². The summed E-state index contributed by atoms with van der Waals surface area (Å²) in [5.41, 5.74) is 5.55. The van der Waals surface area contributed by atoms with E-state index in [0.29, 0.717) is 13.0 Å². The molecule has 3 N–H and O–H groups in total. The second-order valence-electron chi connectivity index (χ2n) is 3.38. The summed E-state index contributed by atoms with van der Waals surface area (Å²) in [5.74, 6) is 1.54. The van der Waals surface area contributed by atoms with Crippen LogP contribution in [0.2, 0.25) is 0 Å². The molecule has 1 atom stereocenters. The van der Waals surface area contributed by atoms with Crippen molar-refractivity contribution in [1.29, 1.82) is 0 Å². The van der Waals surface area contributed by atoms with Crippen LogP contribution < -0.4 is 5.73 Å². The van der Waals surface area contributed by atoms with Crippen molar-refractivity contribution >= 4 is 11.3 Å². The molecule has 2 aromatic rings. The molecule has 0 aliphatic carbocycles. The molecule has 16 heavy (non-hydrogen) atoms. The average molecular weight is 238 g/mol. The highest BCUT2D eigenvalue weighted by atomic mass is 32.1. The number of nitrogens with two attached hydrogens (primary N) is 1. The van der Waals surface area contributed by atoms with Gasteiger partial charge in [0.1, 0.15) is 5.82 Å². The highest BCUT2D eigenvalue weighted by Gasteiger charge is 2.11. The highest BCUT2D eigenvalue weighted by Crippen LogP contribution is 2.20. The molecule has 5 nitrogen and oxygen atoms in total. The third-order valence-corrected chi connectivity index (χ3v) is 3.16. The lowest BCUT2D eigenvalue weighted by atomic mass is 10.2. The van der Waals surface area contributed by atoms with E-state index in [2.05, 4.69) is 15.2 Å². The van der Waals surface area contributed by atoms with E-state index in [1.54, 1.807) is 18.4 Å². The van der Waals surface area contributed by atoms with Crippen LogP contribution in [0.1, 0.15) is 5.82 Å². The van der Waals surface area contributed by atoms with Crippen molar-refractivity contribution in [2.75, 3.05) is 13.7 Å². The SMILES string of the molecule is COC(CN)Cc1nc(-c2cccs2)n[nH]1. The average Bonchev–Trinajstić information content (AvgIpc) is 2.96. The molecule has 86 valence electrons. The smallest absolute Gasteiger partial charge is 0.191 e. The number of hydrogen-bond donors (Lipinski definition) is 2. The maximum absolute atomic E-state index is 5.55. The van der Waals surface area contributed by atoms with Crippen LogP contribution in [0.5, 0.6) is 0 Å². The van der Waals surface area contributed by atoms with E-state index < -0.39 is 0 Å². The van der Waals surface area contributed by atoms with Crippen LogP contribution in [0.3, 0.4) is 0 Å². The molecule has 0 saturated heterocycles. The number of ether oxygens (including phenoxy) is 1. The Balaban J connectivity index is 2.08. The molecule has 2 rings (SSSR count). The van der Waals surface area contributed by atoms with Crippen LogP contribution in [-0.4, -0.2) is 34.9 Å². The Kier molecular flexibility index (Phi) is 3.66. The first-order valence-corrected chi connectivity index (χ1v) is 5.89. The fourth-order valence-electron chi connectivity index (χ4n) is 1.38. The predicted octanol–water partition coefficient (Wildman–Crippen LogP) is 1.05. The Morgan fingerprint density at radius 2 is 2.50 bits per heavy atom. The summed E-state index contributed by atoms with van der Waals surface area (Å²) in [4.78, 5) is 5.46. The number of methoxy groups -OCH3 is 1. The van der Waals surface area contributed by atoms with Crippen molar-refractivity contribution in [1.82, 2.24) is 15.2 Å². The molecule has 2 aromatic heterocycles. The molecule has 2 heterocycles. The summed E-state index contributed by atoms with van der Waals surface area (Å²) in [6.45, 7) is 0.478. The van der Waals surface area contributed by atoms with Crippen molar-refractivity contribution in [2.24, 2.45) is 5.73 Å². The van der Waals surface area contributed by atoms with Crippen molar-refractivity contribution in [2.45, 2.75) is 12.5 Å². The minimum atomic E-state index is -0.0101. The van der Waals surface area contributed by atoms with Crippen molar-refractivity contribution < 1.29 is 4.74 Å². The maximum atomic E-state index is 5.55. The van der Waals surface area contributed by atoms with Gasteiger partial charge in [0.15, 0.2) is 5.82 Å². The Morgan fingerprint density at radius 1 is 1.62 bits per heavy atom. The Morgan fingerprint density at radius 3 is 3.12 bits per heavy atom. The lowest BCUT2D eigenvalue weighted by molar-refractivity contribution is 0.108. The maximum Gasteiger partial charge on any atom is 0.191 e. The Labute approximate surface area is 97.7 Å². The molecule has 0 spiro atoms. The minimum Gasteiger partial charge on any atom is -0.380 e. The van der Waals surface area contributed by atoms with E-state index in [1.165, 1.54) is 0 Å². The molecule has 0 radical (unpaired) electrons. The number of thiophene rings is 1. The molecule has 0 aliphatic heterocycles. The summed E-state index contributed by atoms with van der Waals surface area (Å²) in [6, 6.07) is 3.97. The van der Waals surface area contributed by atoms with Gasteiger partial charge in [-0.05, 0) is 11.4 Å². The van der Waals surface area contributed by atoms with Gasteiger partial charge < -0.3 is 10.5 Å². The molecule has 6 heteroatoms. The number of hydrogen-bond acceptors (Lipinski definition) is 5. The van der Waals surface area contributed by atoms with Gasteiger partial charge in [-0.3, -0.25) is 5.10 Å². The number of nitrogens with zero attached hydrogens (tertiary/aromatic N) is 2. The van der Waals surface area contributed by atoms with Crippen LogP contribution in [0.15, 0.2) is 17.5 Å². The lowest BCUT2D eigenvalue weighted by Gasteiger charge is -2.09. The Bertz CT molecular complexity index is 422. The highest BCUT2D eigenvalue weighted by molar-refractivity contribution is 7.13. The van der Waals surface area contributed by atoms with Crippen molar-refractivity contribution in [3.05, 3.63) is 23.3 Å². The molecular formula is C10H14N4OS. The van der Waals surface area contributed by atoms with Gasteiger partial charge >= 0.3 is 0 Å². The normalized spacial score (nSPS) is 12.9. The van der Waals surface area contributed by atoms with Crippen molar-refractivity contribution in [3.8, 4) is 10.7 Å². The fraction of sp³-hybridized carbons (Fsp3) is 0.400. The van der Waals surface area contributed by atoms with E-state index in [-0.39, 0.29) is 6.10 Å². The molecule has 0 saturated carbocycles. The fourth-order valence-corrected chi connectivity index (χ4v) is 2.04. The lowest BCUT2D eigenvalue weighted by Crippen LogP contribution is -2.25. The number of rotatable bonds is 5. The summed E-state index contributed by atoms with van der Waals surface area (Å²) >= 11 is 1.62. The largest absolute Gasteiger partial charge is 0.380 e. The number of aromatic nitrogens is 3. The third-order valence-electron chi connectivity index (χ3n) is 2.29. The van der Waals surface area contributed by atoms with E-state index in [1.807, 2.05) is 17.5 Å². The zero-order valence-corrected chi connectivity index (χ0v) is 9.83. The standard InChI is InChI=1S/C10H14N4OS/c1-15-7(6-11)5-9-12-10(14-13-9)8-3-2-4-16-8/h2-4,7H,5-6,11H2,1H3,(H,12,13,14). The van der Waals surface area contributed by atoms with Gasteiger partial charge in [-0.2, -0.15) is 5.10 Å². The molecule has 0 bridgehead atoms. The Hall–Kier alpha value is -1.24. The zero-order valence-electron chi connectivity index (χ0n) is 9.01. The molecule has 0 aliphatic rings. The molecule has 0 aromatic carbocycles. The van der Waals surface area contributed by atoms with E-state index in [0.717, 1.165) is 16.5 Å². The van der Waals surface area contributed by atoms with Gasteiger partial charge in [0.25, 0.3) is 0 Å². The first-order valence-electron chi connectivity index (χ1n) is 5.01. The van der Waals surface area contributed by atoms with Crippen LogP contribution in [-0.2, 0) is 11.2 Å². The quantitative estimate of drug-likeness (QED) is 0.816. The van der Waals surface area contributed by atoms with Gasteiger partial charge in [0.05, 0.1) is 11.0 Å². The third kappa shape index (κ3) is 2.46. The molecule has 1 unspecified atom stereocenters. The molecular weight excluding hydrogens is 224 g/mol. The van der Waals surface area contributed by atoms with E-state index >= 15 is 0 Å². The van der Waals surface area contributed by atoms with Gasteiger partial charge in [0.2, 0.25) is 0 Å². The zero-order chi connectivity index (χ0) is 11.4. The minimum absolute atomic E-state index is 0.0101. The monoisotopic (exact) mass is 238 g/mol. The first kappa shape index (κ1) is 11.3. The molecule has 0 amide bonds. The topological polar surface area (TPSA) is 76.8 Å². The van der Waals surface area contributed by atoms with Crippen LogP contribution in [0.4, 0.5) is 0 Å². The van der Waals surface area contributed by atoms with Gasteiger partial charge in [-0.15, -0.1) is 11.3 Å². The number of nitrogens with one attached hydrogen (secondary N) is 1. The summed E-state index contributed by atoms with van der Waals surface area (Å²) in [5, 5.41) is 9.06. The van der Waals surface area contributed by atoms with Crippen LogP contribution in [0, 0.1) is 0 Å². The molecule has 0 fully saturated rings. The van der Waals surface area contributed by atoms with Gasteiger partial charge in [-0.25, -0.2) is 4.98 Å². The van der Waals surface area contributed by atoms with Crippen LogP contribution in [0.25, 0.3) is 10.7 Å². The predicted molar refractivity (Wildman–Crippen MR) is 63.3 cm³/mol. The summed E-state index contributed by atoms with van der Waals surface area (Å²) in [7, 11) is 1.65. The van der Waals surface area contributed by atoms with E-state index in [4.69, 9.17) is 10.5 Å². The summed E-state index contributed by atoms with van der Waals surface area (Å²) in [6.07, 6.45) is 0.648. The van der Waals surface area contributed by atoms with Crippen molar-refractivity contribution in [3.63, 3.8) is 0 Å². The first-order chi connectivity index (χ1) is 7.83. The van der Waals surface area contributed by atoms with Crippen LogP contribution >= 0.6 is 11.3 Å². The van der Waals surface area contributed by atoms with Gasteiger partial charge in [-0.1, -0.05) is 6.07 Å². The van der Waals surface area contributed by atoms with E-state index in [9.17, 15) is 0 Å². The summed E-state index contributed by atoms with van der Waals surface area (Å²) < 4.78 is 5.19. The number of aromatic amines is 1. The second kappa shape index (κ2) is 5.20.